The maximum atomic E-state index is 12.9. The van der Waals surface area contributed by atoms with Crippen LogP contribution in [0.4, 0.5) is 4.79 Å². The molecule has 1 aromatic carbocycles. The van der Waals surface area contributed by atoms with Crippen molar-refractivity contribution in [1.82, 2.24) is 10.2 Å². The molecule has 1 aromatic rings. The highest BCUT2D eigenvalue weighted by molar-refractivity contribution is 5.94. The van der Waals surface area contributed by atoms with Crippen molar-refractivity contribution in [2.24, 2.45) is 5.92 Å². The number of carbonyl (C=O) groups excluding carboxylic acids is 3. The molecule has 0 aromatic heterocycles. The number of hydrogen-bond donors (Lipinski definition) is 1. The van der Waals surface area contributed by atoms with Crippen molar-refractivity contribution in [3.05, 3.63) is 35.9 Å². The van der Waals surface area contributed by atoms with E-state index in [-0.39, 0.29) is 25.0 Å². The number of benzene rings is 1. The van der Waals surface area contributed by atoms with Crippen molar-refractivity contribution < 1.29 is 23.9 Å². The number of nitrogens with zero attached hydrogens (tertiary/aromatic N) is 1. The average Bonchev–Trinajstić information content (AvgIpc) is 2.97. The Hall–Kier alpha value is -2.57. The number of carbonyl (C=O) groups is 3. The smallest absolute Gasteiger partial charge is 0.408 e. The highest BCUT2D eigenvalue weighted by atomic mass is 16.5. The van der Waals surface area contributed by atoms with Gasteiger partial charge in [0, 0.05) is 6.54 Å². The highest BCUT2D eigenvalue weighted by Gasteiger charge is 2.51. The average molecular weight is 362 g/mol. The van der Waals surface area contributed by atoms with Gasteiger partial charge in [-0.2, -0.15) is 0 Å². The van der Waals surface area contributed by atoms with E-state index in [4.69, 9.17) is 4.74 Å². The van der Waals surface area contributed by atoms with Gasteiger partial charge in [-0.05, 0) is 17.9 Å². The van der Waals surface area contributed by atoms with Crippen molar-refractivity contribution in [3.63, 3.8) is 0 Å². The summed E-state index contributed by atoms with van der Waals surface area (Å²) in [6, 6.07) is 9.33. The Labute approximate surface area is 153 Å². The molecule has 1 fully saturated rings. The fourth-order valence-corrected chi connectivity index (χ4v) is 3.16. The molecule has 2 rings (SSSR count). The molecule has 1 saturated heterocycles. The van der Waals surface area contributed by atoms with Crippen LogP contribution in [0.1, 0.15) is 32.3 Å². The van der Waals surface area contributed by atoms with Crippen LogP contribution in [0.5, 0.6) is 0 Å². The predicted octanol–water partition coefficient (Wildman–Crippen LogP) is 2.10. The molecule has 1 N–H and O–H groups in total. The van der Waals surface area contributed by atoms with Crippen LogP contribution < -0.4 is 5.32 Å². The van der Waals surface area contributed by atoms with Gasteiger partial charge in [0.2, 0.25) is 5.91 Å². The molecule has 2 amide bonds. The molecule has 0 aliphatic carbocycles. The van der Waals surface area contributed by atoms with Gasteiger partial charge in [-0.25, -0.2) is 4.79 Å². The van der Waals surface area contributed by atoms with E-state index < -0.39 is 17.6 Å². The first-order valence-electron chi connectivity index (χ1n) is 8.78. The molecule has 0 spiro atoms. The van der Waals surface area contributed by atoms with Gasteiger partial charge in [0.25, 0.3) is 0 Å². The zero-order valence-corrected chi connectivity index (χ0v) is 15.5. The van der Waals surface area contributed by atoms with E-state index in [1.54, 1.807) is 0 Å². The Bertz CT molecular complexity index is 649. The molecule has 1 aliphatic rings. The van der Waals surface area contributed by atoms with Gasteiger partial charge in [0.15, 0.2) is 0 Å². The van der Waals surface area contributed by atoms with Crippen LogP contribution >= 0.6 is 0 Å². The number of likely N-dealkylation sites (tertiary alicyclic amines) is 1. The fraction of sp³-hybridized carbons (Fsp3) is 0.526. The summed E-state index contributed by atoms with van der Waals surface area (Å²) in [6.45, 7) is 4.27. The van der Waals surface area contributed by atoms with Crippen LogP contribution in [0, 0.1) is 5.92 Å². The maximum Gasteiger partial charge on any atom is 0.408 e. The van der Waals surface area contributed by atoms with Gasteiger partial charge in [0.1, 0.15) is 18.7 Å². The molecule has 1 aliphatic heterocycles. The number of nitrogens with one attached hydrogen (secondary N) is 1. The number of methoxy groups -OCH3 is 1. The standard InChI is InChI=1S/C19H26N2O5/c1-4-14(2)19(10-11-21(17(19)23)12-16(22)25-3)20-18(24)26-13-15-8-6-5-7-9-15/h5-9,14H,4,10-13H2,1-3H3,(H,20,24)/t14?,19-/m0/s1. The molecule has 0 bridgehead atoms. The zero-order valence-electron chi connectivity index (χ0n) is 15.5. The minimum absolute atomic E-state index is 0.0954. The van der Waals surface area contributed by atoms with Gasteiger partial charge < -0.3 is 19.7 Å². The third-order valence-electron chi connectivity index (χ3n) is 4.98. The Kier molecular flexibility index (Phi) is 6.60. The lowest BCUT2D eigenvalue weighted by atomic mass is 9.82. The summed E-state index contributed by atoms with van der Waals surface area (Å²) in [5, 5.41) is 2.78. The number of ether oxygens (including phenoxy) is 2. The SMILES string of the molecule is CCC(C)[C@@]1(NC(=O)OCc2ccccc2)CCN(CC(=O)OC)C1=O. The minimum Gasteiger partial charge on any atom is -0.468 e. The summed E-state index contributed by atoms with van der Waals surface area (Å²) >= 11 is 0. The predicted molar refractivity (Wildman–Crippen MR) is 95.2 cm³/mol. The van der Waals surface area contributed by atoms with Crippen LogP contribution in [-0.2, 0) is 25.7 Å². The maximum absolute atomic E-state index is 12.9. The molecule has 0 saturated carbocycles. The first-order valence-corrected chi connectivity index (χ1v) is 8.78. The fourth-order valence-electron chi connectivity index (χ4n) is 3.16. The molecular formula is C19H26N2O5. The largest absolute Gasteiger partial charge is 0.468 e. The molecule has 7 nitrogen and oxygen atoms in total. The van der Waals surface area contributed by atoms with Crippen molar-refractivity contribution in [2.45, 2.75) is 38.8 Å². The molecule has 0 radical (unpaired) electrons. The third kappa shape index (κ3) is 4.33. The van der Waals surface area contributed by atoms with Gasteiger partial charge >= 0.3 is 12.1 Å². The number of esters is 1. The van der Waals surface area contributed by atoms with Gasteiger partial charge in [-0.3, -0.25) is 9.59 Å². The topological polar surface area (TPSA) is 84.9 Å². The first kappa shape index (κ1) is 19.8. The van der Waals surface area contributed by atoms with Crippen molar-refractivity contribution in [1.29, 1.82) is 0 Å². The lowest BCUT2D eigenvalue weighted by Gasteiger charge is -2.33. The van der Waals surface area contributed by atoms with Gasteiger partial charge in [-0.15, -0.1) is 0 Å². The Morgan fingerprint density at radius 2 is 2.00 bits per heavy atom. The monoisotopic (exact) mass is 362 g/mol. The Morgan fingerprint density at radius 1 is 1.31 bits per heavy atom. The first-order chi connectivity index (χ1) is 12.4. The number of rotatable bonds is 7. The third-order valence-corrected chi connectivity index (χ3v) is 4.98. The quantitative estimate of drug-likeness (QED) is 0.751. The van der Waals surface area contributed by atoms with Gasteiger partial charge in [0.05, 0.1) is 7.11 Å². The van der Waals surface area contributed by atoms with Crippen molar-refractivity contribution >= 4 is 18.0 Å². The van der Waals surface area contributed by atoms with E-state index in [1.165, 1.54) is 12.0 Å². The number of hydrogen-bond acceptors (Lipinski definition) is 5. The summed E-state index contributed by atoms with van der Waals surface area (Å²) in [7, 11) is 1.28. The van der Waals surface area contributed by atoms with E-state index in [1.807, 2.05) is 44.2 Å². The second-order valence-electron chi connectivity index (χ2n) is 6.52. The summed E-state index contributed by atoms with van der Waals surface area (Å²) in [4.78, 5) is 38.2. The molecule has 26 heavy (non-hydrogen) atoms. The van der Waals surface area contributed by atoms with Crippen LogP contribution in [0.25, 0.3) is 0 Å². The van der Waals surface area contributed by atoms with Crippen molar-refractivity contribution in [2.75, 3.05) is 20.2 Å². The van der Waals surface area contributed by atoms with E-state index in [0.717, 1.165) is 5.56 Å². The molecule has 2 atom stereocenters. The summed E-state index contributed by atoms with van der Waals surface area (Å²) < 4.78 is 9.92. The summed E-state index contributed by atoms with van der Waals surface area (Å²) in [5.41, 5.74) is -0.193. The zero-order chi connectivity index (χ0) is 19.2. The molecule has 7 heteroatoms. The van der Waals surface area contributed by atoms with Crippen LogP contribution in [0.15, 0.2) is 30.3 Å². The second-order valence-corrected chi connectivity index (χ2v) is 6.52. The molecular weight excluding hydrogens is 336 g/mol. The van der Waals surface area contributed by atoms with E-state index in [9.17, 15) is 14.4 Å². The lowest BCUT2D eigenvalue weighted by Crippen LogP contribution is -2.58. The number of alkyl carbamates (subject to hydrolysis) is 1. The molecule has 142 valence electrons. The molecule has 1 heterocycles. The highest BCUT2D eigenvalue weighted by Crippen LogP contribution is 2.32. The number of amides is 2. The van der Waals surface area contributed by atoms with Crippen molar-refractivity contribution in [3.8, 4) is 0 Å². The Balaban J connectivity index is 2.06. The molecule has 1 unspecified atom stereocenters. The lowest BCUT2D eigenvalue weighted by molar-refractivity contribution is -0.147. The summed E-state index contributed by atoms with van der Waals surface area (Å²) in [6.07, 6.45) is 0.497. The van der Waals surface area contributed by atoms with Crippen LogP contribution in [0.3, 0.4) is 0 Å². The van der Waals surface area contributed by atoms with Gasteiger partial charge in [-0.1, -0.05) is 50.6 Å². The summed E-state index contributed by atoms with van der Waals surface area (Å²) in [5.74, 6) is -0.846. The normalized spacial score (nSPS) is 20.6. The van der Waals surface area contributed by atoms with E-state index in [2.05, 4.69) is 10.1 Å². The van der Waals surface area contributed by atoms with Crippen LogP contribution in [-0.4, -0.2) is 48.6 Å². The second kappa shape index (κ2) is 8.69. The Morgan fingerprint density at radius 3 is 2.62 bits per heavy atom. The van der Waals surface area contributed by atoms with E-state index >= 15 is 0 Å². The minimum atomic E-state index is -1.06. The van der Waals surface area contributed by atoms with Crippen LogP contribution in [0.2, 0.25) is 0 Å². The van der Waals surface area contributed by atoms with E-state index in [0.29, 0.717) is 19.4 Å².